The van der Waals surface area contributed by atoms with Crippen LogP contribution in [0.25, 0.3) is 0 Å². The Balaban J connectivity index is 2.75. The minimum absolute atomic E-state index is 0.578. The van der Waals surface area contributed by atoms with Crippen LogP contribution in [0, 0.1) is 0 Å². The number of carbonyl (C=O) groups is 2. The molecule has 1 N–H and O–H groups in total. The molecule has 1 rings (SSSR count). The van der Waals surface area contributed by atoms with Crippen molar-refractivity contribution < 1.29 is 9.59 Å². The molecule has 0 aliphatic heterocycles. The number of rotatable bonds is 1. The summed E-state index contributed by atoms with van der Waals surface area (Å²) in [6, 6.07) is 7.11. The van der Waals surface area contributed by atoms with Gasteiger partial charge < -0.3 is 10.2 Å². The summed E-state index contributed by atoms with van der Waals surface area (Å²) in [7, 11) is 3.06. The average molecular weight is 271 g/mol. The molecule has 2 amide bonds. The maximum Gasteiger partial charge on any atom is 0.313 e. The van der Waals surface area contributed by atoms with Crippen molar-refractivity contribution in [2.45, 2.75) is 0 Å². The monoisotopic (exact) mass is 270 g/mol. The van der Waals surface area contributed by atoms with E-state index in [1.807, 2.05) is 6.07 Å². The van der Waals surface area contributed by atoms with Gasteiger partial charge in [-0.2, -0.15) is 0 Å². The van der Waals surface area contributed by atoms with Crippen molar-refractivity contribution in [3.8, 4) is 0 Å². The molecule has 0 atom stereocenters. The zero-order chi connectivity index (χ0) is 11.4. The Morgan fingerprint density at radius 1 is 1.27 bits per heavy atom. The smallest absolute Gasteiger partial charge is 0.313 e. The first kappa shape index (κ1) is 11.7. The summed E-state index contributed by atoms with van der Waals surface area (Å²) in [5.74, 6) is -1.22. The molecule has 0 aliphatic carbocycles. The molecule has 0 radical (unpaired) electrons. The molecular formula is C10H11BrN2O2. The van der Waals surface area contributed by atoms with Crippen LogP contribution in [0.4, 0.5) is 5.69 Å². The lowest BCUT2D eigenvalue weighted by atomic mass is 10.3. The van der Waals surface area contributed by atoms with E-state index >= 15 is 0 Å². The largest absolute Gasteiger partial charge is 0.341 e. The van der Waals surface area contributed by atoms with Crippen molar-refractivity contribution >= 4 is 33.4 Å². The molecule has 0 aliphatic rings. The van der Waals surface area contributed by atoms with E-state index in [0.717, 1.165) is 4.47 Å². The van der Waals surface area contributed by atoms with E-state index < -0.39 is 11.8 Å². The van der Waals surface area contributed by atoms with Crippen molar-refractivity contribution in [2.75, 3.05) is 19.4 Å². The molecule has 15 heavy (non-hydrogen) atoms. The van der Waals surface area contributed by atoms with Gasteiger partial charge >= 0.3 is 11.8 Å². The Morgan fingerprint density at radius 2 is 1.87 bits per heavy atom. The van der Waals surface area contributed by atoms with Crippen molar-refractivity contribution in [1.29, 1.82) is 0 Å². The summed E-state index contributed by atoms with van der Waals surface area (Å²) < 4.78 is 0.741. The molecule has 5 heteroatoms. The maximum absolute atomic E-state index is 11.4. The molecule has 1 aromatic rings. The van der Waals surface area contributed by atoms with Crippen LogP contribution in [0.3, 0.4) is 0 Å². The van der Waals surface area contributed by atoms with E-state index in [9.17, 15) is 9.59 Å². The summed E-state index contributed by atoms with van der Waals surface area (Å²) in [6.45, 7) is 0. The molecule has 0 saturated heterocycles. The van der Waals surface area contributed by atoms with Crippen LogP contribution in [0.15, 0.2) is 28.7 Å². The van der Waals surface area contributed by atoms with Crippen LogP contribution in [0.1, 0.15) is 0 Å². The van der Waals surface area contributed by atoms with E-state index in [1.165, 1.54) is 19.0 Å². The number of hydrogen-bond acceptors (Lipinski definition) is 2. The van der Waals surface area contributed by atoms with Crippen molar-refractivity contribution in [2.24, 2.45) is 0 Å². The zero-order valence-corrected chi connectivity index (χ0v) is 10.0. The quantitative estimate of drug-likeness (QED) is 0.786. The molecule has 4 nitrogen and oxygen atoms in total. The van der Waals surface area contributed by atoms with Crippen LogP contribution in [0.2, 0.25) is 0 Å². The van der Waals surface area contributed by atoms with Gasteiger partial charge in [-0.25, -0.2) is 0 Å². The van der Waals surface area contributed by atoms with E-state index in [1.54, 1.807) is 18.2 Å². The number of halogens is 1. The molecule has 0 saturated carbocycles. The Bertz CT molecular complexity index is 391. The first-order valence-corrected chi connectivity index (χ1v) is 5.09. The fourth-order valence-corrected chi connectivity index (χ4v) is 1.33. The van der Waals surface area contributed by atoms with Crippen LogP contribution < -0.4 is 5.32 Å². The van der Waals surface area contributed by atoms with Crippen LogP contribution in [-0.2, 0) is 9.59 Å². The highest BCUT2D eigenvalue weighted by Crippen LogP contribution is 2.20. The predicted molar refractivity (Wildman–Crippen MR) is 61.5 cm³/mol. The Morgan fingerprint density at radius 3 is 2.40 bits per heavy atom. The summed E-state index contributed by atoms with van der Waals surface area (Å²) in [5.41, 5.74) is 0.581. The summed E-state index contributed by atoms with van der Waals surface area (Å²) in [4.78, 5) is 23.9. The van der Waals surface area contributed by atoms with Crippen molar-refractivity contribution in [1.82, 2.24) is 4.90 Å². The first-order chi connectivity index (χ1) is 7.02. The third-order valence-electron chi connectivity index (χ3n) is 1.72. The topological polar surface area (TPSA) is 49.4 Å². The van der Waals surface area contributed by atoms with E-state index in [0.29, 0.717) is 5.69 Å². The van der Waals surface area contributed by atoms with Gasteiger partial charge in [-0.1, -0.05) is 12.1 Å². The normalized spacial score (nSPS) is 9.53. The number of benzene rings is 1. The molecule has 1 aromatic carbocycles. The number of amides is 2. The van der Waals surface area contributed by atoms with Crippen LogP contribution >= 0.6 is 15.9 Å². The second-order valence-corrected chi connectivity index (χ2v) is 3.99. The Labute approximate surface area is 96.4 Å². The van der Waals surface area contributed by atoms with Crippen molar-refractivity contribution in [3.05, 3.63) is 28.7 Å². The van der Waals surface area contributed by atoms with Gasteiger partial charge in [0.25, 0.3) is 0 Å². The van der Waals surface area contributed by atoms with Crippen LogP contribution in [0.5, 0.6) is 0 Å². The SMILES string of the molecule is CN(C)C(=O)C(=O)Nc1ccccc1Br. The third kappa shape index (κ3) is 3.06. The number of nitrogens with one attached hydrogen (secondary N) is 1. The molecule has 80 valence electrons. The first-order valence-electron chi connectivity index (χ1n) is 4.29. The predicted octanol–water partition coefficient (Wildman–Crippen LogP) is 1.48. The lowest BCUT2D eigenvalue weighted by Crippen LogP contribution is -2.34. The average Bonchev–Trinajstić information content (AvgIpc) is 2.20. The van der Waals surface area contributed by atoms with E-state index in [2.05, 4.69) is 21.2 Å². The summed E-state index contributed by atoms with van der Waals surface area (Å²) in [6.07, 6.45) is 0. The van der Waals surface area contributed by atoms with Gasteiger partial charge in [0.15, 0.2) is 0 Å². The third-order valence-corrected chi connectivity index (χ3v) is 2.41. The van der Waals surface area contributed by atoms with Crippen LogP contribution in [-0.4, -0.2) is 30.8 Å². The minimum atomic E-state index is -0.646. The lowest BCUT2D eigenvalue weighted by Gasteiger charge is -2.10. The standard InChI is InChI=1S/C10H11BrN2O2/c1-13(2)10(15)9(14)12-8-6-4-3-5-7(8)11/h3-6H,1-2H3,(H,12,14). The van der Waals surface area contributed by atoms with E-state index in [-0.39, 0.29) is 0 Å². The molecular weight excluding hydrogens is 260 g/mol. The summed E-state index contributed by atoms with van der Waals surface area (Å²) >= 11 is 3.27. The number of nitrogens with zero attached hydrogens (tertiary/aromatic N) is 1. The number of hydrogen-bond donors (Lipinski definition) is 1. The molecule has 0 unspecified atom stereocenters. The number of para-hydroxylation sites is 1. The molecule has 0 aromatic heterocycles. The number of likely N-dealkylation sites (N-methyl/N-ethyl adjacent to an activating group) is 1. The van der Waals surface area contributed by atoms with Gasteiger partial charge in [0.1, 0.15) is 0 Å². The summed E-state index contributed by atoms with van der Waals surface area (Å²) in [5, 5.41) is 2.51. The molecule has 0 bridgehead atoms. The molecule has 0 spiro atoms. The highest BCUT2D eigenvalue weighted by molar-refractivity contribution is 9.10. The second kappa shape index (κ2) is 4.93. The Kier molecular flexibility index (Phi) is 3.85. The van der Waals surface area contributed by atoms with Gasteiger partial charge in [-0.15, -0.1) is 0 Å². The fraction of sp³-hybridized carbons (Fsp3) is 0.200. The highest BCUT2D eigenvalue weighted by Gasteiger charge is 2.16. The Hall–Kier alpha value is -1.36. The number of carbonyl (C=O) groups excluding carboxylic acids is 2. The number of anilines is 1. The highest BCUT2D eigenvalue weighted by atomic mass is 79.9. The lowest BCUT2D eigenvalue weighted by molar-refractivity contribution is -0.141. The van der Waals surface area contributed by atoms with Gasteiger partial charge in [-0.05, 0) is 28.1 Å². The van der Waals surface area contributed by atoms with E-state index in [4.69, 9.17) is 0 Å². The molecule has 0 fully saturated rings. The maximum atomic E-state index is 11.4. The fourth-order valence-electron chi connectivity index (χ4n) is 0.941. The van der Waals surface area contributed by atoms with Gasteiger partial charge in [0, 0.05) is 18.6 Å². The zero-order valence-electron chi connectivity index (χ0n) is 8.45. The minimum Gasteiger partial charge on any atom is -0.341 e. The van der Waals surface area contributed by atoms with Gasteiger partial charge in [-0.3, -0.25) is 9.59 Å². The van der Waals surface area contributed by atoms with Gasteiger partial charge in [0.2, 0.25) is 0 Å². The van der Waals surface area contributed by atoms with Gasteiger partial charge in [0.05, 0.1) is 5.69 Å². The second-order valence-electron chi connectivity index (χ2n) is 3.13. The molecule has 0 heterocycles. The van der Waals surface area contributed by atoms with Crippen molar-refractivity contribution in [3.63, 3.8) is 0 Å².